The van der Waals surface area contributed by atoms with Crippen molar-refractivity contribution in [2.75, 3.05) is 13.7 Å². The predicted octanol–water partition coefficient (Wildman–Crippen LogP) is -0.0533. The first-order chi connectivity index (χ1) is 7.67. The quantitative estimate of drug-likeness (QED) is 0.510. The van der Waals surface area contributed by atoms with E-state index in [1.54, 1.807) is 12.2 Å². The number of carbonyl (C=O) groups is 1. The second kappa shape index (κ2) is 3.92. The first kappa shape index (κ1) is 11.2. The molecule has 3 atom stereocenters. The highest BCUT2D eigenvalue weighted by Gasteiger charge is 2.59. The second-order valence-electron chi connectivity index (χ2n) is 3.91. The van der Waals surface area contributed by atoms with Gasteiger partial charge >= 0.3 is 5.97 Å². The maximum atomic E-state index is 11.9. The number of rotatable bonds is 2. The van der Waals surface area contributed by atoms with Crippen molar-refractivity contribution in [2.45, 2.75) is 12.7 Å². The fourth-order valence-electron chi connectivity index (χ4n) is 2.50. The molecule has 5 nitrogen and oxygen atoms in total. The molecule has 5 heteroatoms. The van der Waals surface area contributed by atoms with Gasteiger partial charge in [-0.05, 0) is 18.1 Å². The number of hydrogen-bond donors (Lipinski definition) is 2. The molecule has 0 bridgehead atoms. The van der Waals surface area contributed by atoms with Crippen LogP contribution in [-0.2, 0) is 14.3 Å². The Kier molecular flexibility index (Phi) is 2.73. The van der Waals surface area contributed by atoms with E-state index in [4.69, 9.17) is 9.47 Å². The van der Waals surface area contributed by atoms with Crippen molar-refractivity contribution in [1.82, 2.24) is 0 Å². The Balaban J connectivity index is 2.49. The van der Waals surface area contributed by atoms with Crippen molar-refractivity contribution in [2.24, 2.45) is 11.3 Å². The lowest BCUT2D eigenvalue weighted by Gasteiger charge is -2.39. The number of hydrogen-bond acceptors (Lipinski definition) is 5. The molecule has 0 saturated carbocycles. The van der Waals surface area contributed by atoms with Crippen LogP contribution in [0.5, 0.6) is 0 Å². The highest BCUT2D eigenvalue weighted by molar-refractivity contribution is 5.83. The van der Waals surface area contributed by atoms with Crippen molar-refractivity contribution in [3.63, 3.8) is 0 Å². The Bertz CT molecular complexity index is 359. The van der Waals surface area contributed by atoms with Gasteiger partial charge in [-0.3, -0.25) is 4.79 Å². The van der Waals surface area contributed by atoms with Crippen LogP contribution in [-0.4, -0.2) is 36.2 Å². The summed E-state index contributed by atoms with van der Waals surface area (Å²) in [6.07, 6.45) is 4.12. The average Bonchev–Trinajstić information content (AvgIpc) is 2.69. The van der Waals surface area contributed by atoms with E-state index in [0.717, 1.165) is 0 Å². The number of carbonyl (C=O) groups excluding carboxylic acids is 1. The molecule has 1 heterocycles. The largest absolute Gasteiger partial charge is 0.471 e. The Hall–Kier alpha value is -1.33. The molecule has 2 N–H and O–H groups in total. The minimum absolute atomic E-state index is 0.217. The molecular formula is C11H14O5. The van der Waals surface area contributed by atoms with E-state index in [0.29, 0.717) is 12.0 Å². The fourth-order valence-corrected chi connectivity index (χ4v) is 2.50. The lowest BCUT2D eigenvalue weighted by Crippen LogP contribution is -2.50. The van der Waals surface area contributed by atoms with E-state index < -0.39 is 17.7 Å². The van der Waals surface area contributed by atoms with Gasteiger partial charge in [0.15, 0.2) is 5.41 Å². The summed E-state index contributed by atoms with van der Waals surface area (Å²) in [5, 5.41) is 19.2. The van der Waals surface area contributed by atoms with E-state index in [-0.39, 0.29) is 12.5 Å². The zero-order valence-electron chi connectivity index (χ0n) is 8.92. The summed E-state index contributed by atoms with van der Waals surface area (Å²) < 4.78 is 9.70. The zero-order chi connectivity index (χ0) is 11.8. The normalized spacial score (nSPS) is 36.3. The molecule has 1 aliphatic carbocycles. The first-order valence-corrected chi connectivity index (χ1v) is 5.07. The van der Waals surface area contributed by atoms with Gasteiger partial charge in [-0.2, -0.15) is 0 Å². The minimum Gasteiger partial charge on any atom is -0.471 e. The molecule has 0 saturated heterocycles. The SMILES string of the molecule is COC(=O)[C@]12C(CO)=CC[C@H]1C=COC2O. The molecule has 1 aliphatic heterocycles. The van der Waals surface area contributed by atoms with Crippen molar-refractivity contribution in [3.8, 4) is 0 Å². The van der Waals surface area contributed by atoms with E-state index in [1.165, 1.54) is 13.4 Å². The van der Waals surface area contributed by atoms with Crippen LogP contribution in [0.1, 0.15) is 6.42 Å². The maximum Gasteiger partial charge on any atom is 0.323 e. The second-order valence-corrected chi connectivity index (χ2v) is 3.91. The average molecular weight is 226 g/mol. The third-order valence-corrected chi connectivity index (χ3v) is 3.34. The molecule has 0 aromatic heterocycles. The van der Waals surface area contributed by atoms with E-state index in [2.05, 4.69) is 0 Å². The molecule has 16 heavy (non-hydrogen) atoms. The molecule has 0 amide bonds. The first-order valence-electron chi connectivity index (χ1n) is 5.07. The lowest BCUT2D eigenvalue weighted by molar-refractivity contribution is -0.189. The Labute approximate surface area is 93.0 Å². The summed E-state index contributed by atoms with van der Waals surface area (Å²) in [5.41, 5.74) is -0.820. The lowest BCUT2D eigenvalue weighted by atomic mass is 9.72. The zero-order valence-corrected chi connectivity index (χ0v) is 8.92. The summed E-state index contributed by atoms with van der Waals surface area (Å²) in [4.78, 5) is 11.9. The fraction of sp³-hybridized carbons (Fsp3) is 0.545. The number of aliphatic hydroxyl groups is 2. The van der Waals surface area contributed by atoms with Crippen LogP contribution in [0.15, 0.2) is 24.0 Å². The Morgan fingerprint density at radius 1 is 1.75 bits per heavy atom. The standard InChI is InChI=1S/C11H14O5/c1-15-9(13)11-7(2-3-8(11)6-12)4-5-16-10(11)14/h3-5,7,10,12,14H,2,6H2,1H3/t7-,10?,11+/m0/s1. The van der Waals surface area contributed by atoms with Gasteiger partial charge in [0.05, 0.1) is 20.0 Å². The topological polar surface area (TPSA) is 76.0 Å². The van der Waals surface area contributed by atoms with Crippen molar-refractivity contribution < 1.29 is 24.5 Å². The van der Waals surface area contributed by atoms with Gasteiger partial charge in [-0.25, -0.2) is 0 Å². The molecule has 0 aromatic rings. The van der Waals surface area contributed by atoms with Crippen molar-refractivity contribution >= 4 is 5.97 Å². The maximum absolute atomic E-state index is 11.9. The van der Waals surface area contributed by atoms with Gasteiger partial charge in [0.2, 0.25) is 6.29 Å². The van der Waals surface area contributed by atoms with E-state index in [9.17, 15) is 15.0 Å². The number of ether oxygens (including phenoxy) is 2. The molecule has 0 aromatic carbocycles. The molecular weight excluding hydrogens is 212 g/mol. The number of fused-ring (bicyclic) bond motifs is 1. The van der Waals surface area contributed by atoms with Crippen LogP contribution in [0.25, 0.3) is 0 Å². The summed E-state index contributed by atoms with van der Waals surface area (Å²) in [7, 11) is 1.26. The Morgan fingerprint density at radius 2 is 2.50 bits per heavy atom. The summed E-state index contributed by atoms with van der Waals surface area (Å²) >= 11 is 0. The summed E-state index contributed by atoms with van der Waals surface area (Å²) in [6.45, 7) is -0.292. The number of aliphatic hydroxyl groups excluding tert-OH is 2. The van der Waals surface area contributed by atoms with Gasteiger partial charge < -0.3 is 19.7 Å². The Morgan fingerprint density at radius 3 is 3.12 bits per heavy atom. The van der Waals surface area contributed by atoms with Crippen molar-refractivity contribution in [3.05, 3.63) is 24.0 Å². The summed E-state index contributed by atoms with van der Waals surface area (Å²) in [5.74, 6) is -0.794. The number of allylic oxidation sites excluding steroid dienone is 2. The highest BCUT2D eigenvalue weighted by atomic mass is 16.6. The summed E-state index contributed by atoms with van der Waals surface area (Å²) in [6, 6.07) is 0. The third-order valence-electron chi connectivity index (χ3n) is 3.34. The smallest absolute Gasteiger partial charge is 0.323 e. The van der Waals surface area contributed by atoms with E-state index >= 15 is 0 Å². The van der Waals surface area contributed by atoms with Gasteiger partial charge in [0.25, 0.3) is 0 Å². The minimum atomic E-state index is -1.31. The molecule has 88 valence electrons. The molecule has 0 spiro atoms. The van der Waals surface area contributed by atoms with Gasteiger partial charge in [0.1, 0.15) is 0 Å². The highest BCUT2D eigenvalue weighted by Crippen LogP contribution is 2.50. The van der Waals surface area contributed by atoms with Crippen LogP contribution in [0.3, 0.4) is 0 Å². The van der Waals surface area contributed by atoms with Crippen LogP contribution in [0, 0.1) is 11.3 Å². The molecule has 2 rings (SSSR count). The van der Waals surface area contributed by atoms with Crippen LogP contribution < -0.4 is 0 Å². The van der Waals surface area contributed by atoms with Crippen LogP contribution in [0.2, 0.25) is 0 Å². The third kappa shape index (κ3) is 1.22. The van der Waals surface area contributed by atoms with Gasteiger partial charge in [-0.15, -0.1) is 0 Å². The monoisotopic (exact) mass is 226 g/mol. The number of methoxy groups -OCH3 is 1. The van der Waals surface area contributed by atoms with Crippen LogP contribution >= 0.6 is 0 Å². The molecule has 1 unspecified atom stereocenters. The molecule has 0 radical (unpaired) electrons. The van der Waals surface area contributed by atoms with Gasteiger partial charge in [-0.1, -0.05) is 6.08 Å². The predicted molar refractivity (Wildman–Crippen MR) is 54.0 cm³/mol. The van der Waals surface area contributed by atoms with Gasteiger partial charge in [0, 0.05) is 5.92 Å². The van der Waals surface area contributed by atoms with Crippen LogP contribution in [0.4, 0.5) is 0 Å². The van der Waals surface area contributed by atoms with E-state index in [1.807, 2.05) is 0 Å². The van der Waals surface area contributed by atoms with Crippen molar-refractivity contribution in [1.29, 1.82) is 0 Å². The molecule has 2 aliphatic rings. The number of esters is 1. The molecule has 0 fully saturated rings.